The molecule has 1 aliphatic rings. The van der Waals surface area contributed by atoms with E-state index in [9.17, 15) is 0 Å². The lowest BCUT2D eigenvalue weighted by atomic mass is 10.1. The number of hydrogen-bond donors (Lipinski definition) is 1. The maximum atomic E-state index is 5.95. The molecule has 2 rings (SSSR count). The highest BCUT2D eigenvalue weighted by atomic mass is 79.9. The van der Waals surface area contributed by atoms with Gasteiger partial charge in [0.05, 0.1) is 0 Å². The van der Waals surface area contributed by atoms with Crippen LogP contribution in [0.3, 0.4) is 0 Å². The van der Waals surface area contributed by atoms with Crippen molar-refractivity contribution >= 4 is 21.6 Å². The van der Waals surface area contributed by atoms with E-state index in [0.29, 0.717) is 5.92 Å². The van der Waals surface area contributed by atoms with Crippen LogP contribution in [0.1, 0.15) is 45.2 Å². The molecule has 3 heteroatoms. The largest absolute Gasteiger partial charge is 0.368 e. The maximum Gasteiger partial charge on any atom is 0.0380 e. The van der Waals surface area contributed by atoms with E-state index in [4.69, 9.17) is 5.73 Å². The average molecular weight is 311 g/mol. The second kappa shape index (κ2) is 5.62. The molecular weight excluding hydrogens is 288 g/mol. The Morgan fingerprint density at radius 2 is 2.00 bits per heavy atom. The van der Waals surface area contributed by atoms with Gasteiger partial charge in [-0.1, -0.05) is 35.8 Å². The first kappa shape index (κ1) is 13.9. The van der Waals surface area contributed by atoms with Crippen LogP contribution in [0.2, 0.25) is 0 Å². The van der Waals surface area contributed by atoms with Gasteiger partial charge in [-0.25, -0.2) is 0 Å². The van der Waals surface area contributed by atoms with E-state index in [1.54, 1.807) is 0 Å². The van der Waals surface area contributed by atoms with Crippen LogP contribution in [0.15, 0.2) is 22.7 Å². The SMILES string of the molecule is CC(C)CN(c1ccc([C@H](C)N)c(Br)c1)C1CC1. The number of nitrogens with zero attached hydrogens (tertiary/aromatic N) is 1. The van der Waals surface area contributed by atoms with E-state index in [2.05, 4.69) is 52.9 Å². The molecule has 1 aromatic carbocycles. The minimum absolute atomic E-state index is 0.0768. The Labute approximate surface area is 119 Å². The van der Waals surface area contributed by atoms with Crippen LogP contribution in [0.25, 0.3) is 0 Å². The smallest absolute Gasteiger partial charge is 0.0380 e. The second-order valence-corrected chi connectivity index (χ2v) is 6.63. The lowest BCUT2D eigenvalue weighted by molar-refractivity contribution is 0.607. The molecule has 0 aliphatic heterocycles. The minimum Gasteiger partial charge on any atom is -0.368 e. The molecule has 1 saturated carbocycles. The number of halogens is 1. The van der Waals surface area contributed by atoms with Gasteiger partial charge in [-0.05, 0) is 43.4 Å². The Morgan fingerprint density at radius 1 is 1.33 bits per heavy atom. The molecule has 0 unspecified atom stereocenters. The Kier molecular flexibility index (Phi) is 4.33. The predicted molar refractivity (Wildman–Crippen MR) is 82.0 cm³/mol. The summed E-state index contributed by atoms with van der Waals surface area (Å²) in [6.07, 6.45) is 2.67. The van der Waals surface area contributed by atoms with E-state index in [1.807, 2.05) is 6.92 Å². The van der Waals surface area contributed by atoms with Gasteiger partial charge in [0.2, 0.25) is 0 Å². The number of rotatable bonds is 5. The van der Waals surface area contributed by atoms with Crippen LogP contribution in [-0.2, 0) is 0 Å². The highest BCUT2D eigenvalue weighted by molar-refractivity contribution is 9.10. The molecule has 2 N–H and O–H groups in total. The van der Waals surface area contributed by atoms with Gasteiger partial charge < -0.3 is 10.6 Å². The van der Waals surface area contributed by atoms with Gasteiger partial charge >= 0.3 is 0 Å². The van der Waals surface area contributed by atoms with E-state index in [-0.39, 0.29) is 6.04 Å². The summed E-state index contributed by atoms with van der Waals surface area (Å²) >= 11 is 3.65. The molecular formula is C15H23BrN2. The quantitative estimate of drug-likeness (QED) is 0.887. The summed E-state index contributed by atoms with van der Waals surface area (Å²) < 4.78 is 1.13. The van der Waals surface area contributed by atoms with Crippen molar-refractivity contribution in [2.24, 2.45) is 11.7 Å². The highest BCUT2D eigenvalue weighted by Crippen LogP contribution is 2.35. The van der Waals surface area contributed by atoms with E-state index >= 15 is 0 Å². The maximum absolute atomic E-state index is 5.95. The molecule has 0 heterocycles. The van der Waals surface area contributed by atoms with E-state index in [1.165, 1.54) is 24.1 Å². The molecule has 1 fully saturated rings. The van der Waals surface area contributed by atoms with Gasteiger partial charge in [0.25, 0.3) is 0 Å². The summed E-state index contributed by atoms with van der Waals surface area (Å²) in [7, 11) is 0. The number of nitrogens with two attached hydrogens (primary N) is 1. The second-order valence-electron chi connectivity index (χ2n) is 5.77. The Hall–Kier alpha value is -0.540. The topological polar surface area (TPSA) is 29.3 Å². The number of hydrogen-bond acceptors (Lipinski definition) is 2. The van der Waals surface area contributed by atoms with E-state index < -0.39 is 0 Å². The Balaban J connectivity index is 2.22. The summed E-state index contributed by atoms with van der Waals surface area (Å²) in [4.78, 5) is 2.54. The minimum atomic E-state index is 0.0768. The molecule has 2 nitrogen and oxygen atoms in total. The van der Waals surface area contributed by atoms with Crippen molar-refractivity contribution in [3.63, 3.8) is 0 Å². The fourth-order valence-corrected chi connectivity index (χ4v) is 3.04. The first-order valence-corrected chi connectivity index (χ1v) is 7.60. The van der Waals surface area contributed by atoms with Crippen LogP contribution in [-0.4, -0.2) is 12.6 Å². The van der Waals surface area contributed by atoms with Crippen LogP contribution in [0.4, 0.5) is 5.69 Å². The van der Waals surface area contributed by atoms with E-state index in [0.717, 1.165) is 17.1 Å². The van der Waals surface area contributed by atoms with Crippen LogP contribution < -0.4 is 10.6 Å². The molecule has 0 amide bonds. The summed E-state index contributed by atoms with van der Waals surface area (Å²) in [6.45, 7) is 7.71. The van der Waals surface area contributed by atoms with Gasteiger partial charge in [-0.3, -0.25) is 0 Å². The van der Waals surface area contributed by atoms with Crippen LogP contribution in [0, 0.1) is 5.92 Å². The van der Waals surface area contributed by atoms with Crippen molar-refractivity contribution in [3.05, 3.63) is 28.2 Å². The van der Waals surface area contributed by atoms with Crippen molar-refractivity contribution in [2.45, 2.75) is 45.7 Å². The molecule has 18 heavy (non-hydrogen) atoms. The zero-order chi connectivity index (χ0) is 13.3. The molecule has 1 aliphatic carbocycles. The van der Waals surface area contributed by atoms with Crippen molar-refractivity contribution in [3.8, 4) is 0 Å². The fourth-order valence-electron chi connectivity index (χ4n) is 2.31. The molecule has 100 valence electrons. The summed E-state index contributed by atoms with van der Waals surface area (Å²) in [6, 6.07) is 7.41. The number of anilines is 1. The lowest BCUT2D eigenvalue weighted by Gasteiger charge is -2.27. The van der Waals surface area contributed by atoms with Crippen molar-refractivity contribution < 1.29 is 0 Å². The zero-order valence-electron chi connectivity index (χ0n) is 11.5. The summed E-state index contributed by atoms with van der Waals surface area (Å²) in [5, 5.41) is 0. The van der Waals surface area contributed by atoms with Gasteiger partial charge in [0, 0.05) is 28.8 Å². The summed E-state index contributed by atoms with van der Waals surface area (Å²) in [5.41, 5.74) is 8.45. The normalized spacial score (nSPS) is 17.0. The van der Waals surface area contributed by atoms with Gasteiger partial charge in [-0.15, -0.1) is 0 Å². The van der Waals surface area contributed by atoms with Crippen molar-refractivity contribution in [1.29, 1.82) is 0 Å². The molecule has 0 radical (unpaired) electrons. The molecule has 1 atom stereocenters. The zero-order valence-corrected chi connectivity index (χ0v) is 13.1. The van der Waals surface area contributed by atoms with Crippen molar-refractivity contribution in [1.82, 2.24) is 0 Å². The molecule has 1 aromatic rings. The van der Waals surface area contributed by atoms with Crippen LogP contribution >= 0.6 is 15.9 Å². The first-order chi connectivity index (χ1) is 8.49. The van der Waals surface area contributed by atoms with Gasteiger partial charge in [0.1, 0.15) is 0 Å². The van der Waals surface area contributed by atoms with Crippen LogP contribution in [0.5, 0.6) is 0 Å². The molecule has 0 bridgehead atoms. The molecule has 0 saturated heterocycles. The Morgan fingerprint density at radius 3 is 2.44 bits per heavy atom. The van der Waals surface area contributed by atoms with Crippen molar-refractivity contribution in [2.75, 3.05) is 11.4 Å². The monoisotopic (exact) mass is 310 g/mol. The molecule has 0 spiro atoms. The third-order valence-corrected chi connectivity index (χ3v) is 4.04. The van der Waals surface area contributed by atoms with Gasteiger partial charge in [0.15, 0.2) is 0 Å². The average Bonchev–Trinajstić information content (AvgIpc) is 3.08. The highest BCUT2D eigenvalue weighted by Gasteiger charge is 2.29. The third-order valence-electron chi connectivity index (χ3n) is 3.36. The lowest BCUT2D eigenvalue weighted by Crippen LogP contribution is -2.29. The fraction of sp³-hybridized carbons (Fsp3) is 0.600. The number of benzene rings is 1. The molecule has 0 aromatic heterocycles. The Bertz CT molecular complexity index is 411. The summed E-state index contributed by atoms with van der Waals surface area (Å²) in [5.74, 6) is 0.692. The third kappa shape index (κ3) is 3.27. The van der Waals surface area contributed by atoms with Gasteiger partial charge in [-0.2, -0.15) is 0 Å². The predicted octanol–water partition coefficient (Wildman–Crippen LogP) is 4.09. The first-order valence-electron chi connectivity index (χ1n) is 6.80. The standard InChI is InChI=1S/C15H23BrN2/c1-10(2)9-18(12-4-5-12)13-6-7-14(11(3)17)15(16)8-13/h6-8,10-12H,4-5,9,17H2,1-3H3/t11-/m0/s1.